The summed E-state index contributed by atoms with van der Waals surface area (Å²) in [5.41, 5.74) is -0.929. The predicted molar refractivity (Wildman–Crippen MR) is 141 cm³/mol. The van der Waals surface area contributed by atoms with Gasteiger partial charge in [0, 0.05) is 24.1 Å². The van der Waals surface area contributed by atoms with Crippen molar-refractivity contribution in [1.29, 1.82) is 0 Å². The molecule has 1 N–H and O–H groups in total. The van der Waals surface area contributed by atoms with Crippen LogP contribution in [0.25, 0.3) is 10.8 Å². The second-order valence-corrected chi connectivity index (χ2v) is 13.2. The van der Waals surface area contributed by atoms with Crippen LogP contribution in [0.15, 0.2) is 86.1 Å². The molecule has 0 bridgehead atoms. The van der Waals surface area contributed by atoms with E-state index in [2.05, 4.69) is 4.72 Å². The van der Waals surface area contributed by atoms with E-state index in [1.807, 2.05) is 54.4 Å². The van der Waals surface area contributed by atoms with Gasteiger partial charge in [-0.1, -0.05) is 42.1 Å². The van der Waals surface area contributed by atoms with Gasteiger partial charge in [0.1, 0.15) is 16.1 Å². The molecule has 0 saturated carbocycles. The summed E-state index contributed by atoms with van der Waals surface area (Å²) in [5.74, 6) is -0.383. The van der Waals surface area contributed by atoms with Crippen LogP contribution in [-0.2, 0) is 16.2 Å². The van der Waals surface area contributed by atoms with E-state index in [1.54, 1.807) is 6.07 Å². The molecular weight excluding hydrogens is 541 g/mol. The molecule has 0 radical (unpaired) electrons. The van der Waals surface area contributed by atoms with Gasteiger partial charge >= 0.3 is 6.18 Å². The molecule has 2 heterocycles. The topological polar surface area (TPSA) is 58.6 Å². The Balaban J connectivity index is 1.34. The van der Waals surface area contributed by atoms with Gasteiger partial charge in [0.2, 0.25) is 0 Å². The van der Waals surface area contributed by atoms with Crippen molar-refractivity contribution in [2.45, 2.75) is 32.0 Å². The summed E-state index contributed by atoms with van der Waals surface area (Å²) in [5, 5.41) is 2.20. The Kier molecular flexibility index (Phi) is 7.14. The fourth-order valence-electron chi connectivity index (χ4n) is 4.14. The number of nitrogens with one attached hydrogen (secondary N) is 1. The number of nitrogens with zero attached hydrogens (tertiary/aromatic N) is 1. The lowest BCUT2D eigenvalue weighted by Crippen LogP contribution is -2.23. The zero-order valence-electron chi connectivity index (χ0n) is 19.7. The first-order valence-electron chi connectivity index (χ1n) is 11.4. The second-order valence-electron chi connectivity index (χ2n) is 8.79. The summed E-state index contributed by atoms with van der Waals surface area (Å²) in [7, 11) is -2.14. The molecule has 37 heavy (non-hydrogen) atoms. The number of alkyl halides is 3. The third-order valence-electron chi connectivity index (χ3n) is 5.94. The van der Waals surface area contributed by atoms with Gasteiger partial charge in [-0.2, -0.15) is 13.2 Å². The maximum Gasteiger partial charge on any atom is 0.419 e. The highest BCUT2D eigenvalue weighted by atomic mass is 32.3. The van der Waals surface area contributed by atoms with Gasteiger partial charge in [-0.3, -0.25) is 4.72 Å². The lowest BCUT2D eigenvalue weighted by molar-refractivity contribution is -0.139. The number of benzene rings is 3. The Hall–Kier alpha value is -2.73. The lowest BCUT2D eigenvalue weighted by Gasteiger charge is -2.19. The first-order valence-corrected chi connectivity index (χ1v) is 14.5. The zero-order valence-corrected chi connectivity index (χ0v) is 22.1. The first-order chi connectivity index (χ1) is 17.6. The monoisotopic (exact) mass is 564 g/mol. The molecule has 0 amide bonds. The molecule has 1 atom stereocenters. The number of rotatable bonds is 7. The van der Waals surface area contributed by atoms with Gasteiger partial charge in [0.05, 0.1) is 15.5 Å². The molecule has 1 aliphatic rings. The van der Waals surface area contributed by atoms with Crippen molar-refractivity contribution in [2.24, 2.45) is 0 Å². The standard InChI is InChI=1S/C26H23F3N2O3S3/c1-31-13-12-20(16-31)34-23-15-19(7-9-22(23)26(27,28)29)30-37(32,33)25-11-10-24(36-25)35-21-8-6-17-4-2-3-5-18(17)14-21/h2-11,14-15,20,30H,12-13,16H2,1H3/t20-/m1/s1. The van der Waals surface area contributed by atoms with Gasteiger partial charge in [-0.15, -0.1) is 11.3 Å². The van der Waals surface area contributed by atoms with Crippen molar-refractivity contribution in [3.05, 3.63) is 78.4 Å². The van der Waals surface area contributed by atoms with Crippen molar-refractivity contribution in [1.82, 2.24) is 4.90 Å². The Morgan fingerprint density at radius 1 is 1.03 bits per heavy atom. The Morgan fingerprint density at radius 2 is 1.81 bits per heavy atom. The van der Waals surface area contributed by atoms with Crippen LogP contribution in [0.3, 0.4) is 0 Å². The average molecular weight is 565 g/mol. The van der Waals surface area contributed by atoms with E-state index >= 15 is 0 Å². The molecule has 5 rings (SSSR count). The Morgan fingerprint density at radius 3 is 2.54 bits per heavy atom. The molecule has 4 aromatic rings. The maximum atomic E-state index is 13.6. The van der Waals surface area contributed by atoms with Crippen LogP contribution >= 0.6 is 23.1 Å². The van der Waals surface area contributed by atoms with E-state index in [1.165, 1.54) is 17.8 Å². The largest absolute Gasteiger partial charge is 0.488 e. The van der Waals surface area contributed by atoms with Gasteiger partial charge < -0.3 is 9.64 Å². The summed E-state index contributed by atoms with van der Waals surface area (Å²) in [6.07, 6.45) is -4.43. The number of ether oxygens (including phenoxy) is 1. The minimum Gasteiger partial charge on any atom is -0.488 e. The molecule has 194 valence electrons. The van der Waals surface area contributed by atoms with E-state index < -0.39 is 27.9 Å². The normalized spacial score (nSPS) is 16.8. The fourth-order valence-corrected chi connectivity index (χ4v) is 7.80. The minimum atomic E-state index is -4.63. The number of anilines is 1. The molecule has 11 heteroatoms. The number of likely N-dealkylation sites (N-methyl/N-ethyl adjacent to an activating group) is 1. The van der Waals surface area contributed by atoms with Gasteiger partial charge in [0.15, 0.2) is 0 Å². The summed E-state index contributed by atoms with van der Waals surface area (Å²) >= 11 is 2.54. The summed E-state index contributed by atoms with van der Waals surface area (Å²) < 4.78 is 75.7. The van der Waals surface area contributed by atoms with Crippen LogP contribution in [0.1, 0.15) is 12.0 Å². The van der Waals surface area contributed by atoms with Crippen LogP contribution < -0.4 is 9.46 Å². The lowest BCUT2D eigenvalue weighted by atomic mass is 10.1. The van der Waals surface area contributed by atoms with Crippen LogP contribution in [0.4, 0.5) is 18.9 Å². The predicted octanol–water partition coefficient (Wildman–Crippen LogP) is 6.96. The van der Waals surface area contributed by atoms with E-state index in [9.17, 15) is 21.6 Å². The number of sulfonamides is 1. The van der Waals surface area contributed by atoms with Crippen LogP contribution in [0, 0.1) is 0 Å². The minimum absolute atomic E-state index is 0.00600. The number of thiophene rings is 1. The average Bonchev–Trinajstić information content (AvgIpc) is 3.47. The number of fused-ring (bicyclic) bond motifs is 1. The van der Waals surface area contributed by atoms with Crippen molar-refractivity contribution in [2.75, 3.05) is 24.9 Å². The maximum absolute atomic E-state index is 13.6. The summed E-state index contributed by atoms with van der Waals surface area (Å²) in [4.78, 5) is 2.94. The molecule has 0 spiro atoms. The van der Waals surface area contributed by atoms with Crippen molar-refractivity contribution in [3.63, 3.8) is 0 Å². The molecule has 0 aliphatic carbocycles. The summed E-state index contributed by atoms with van der Waals surface area (Å²) in [6, 6.07) is 20.3. The van der Waals surface area contributed by atoms with Gasteiger partial charge in [-0.25, -0.2) is 8.42 Å². The third kappa shape index (κ3) is 6.06. The van der Waals surface area contributed by atoms with Crippen molar-refractivity contribution in [3.8, 4) is 5.75 Å². The number of likely N-dealkylation sites (tertiary alicyclic amines) is 1. The van der Waals surface area contributed by atoms with E-state index in [-0.39, 0.29) is 15.6 Å². The zero-order chi connectivity index (χ0) is 26.2. The molecule has 0 unspecified atom stereocenters. The summed E-state index contributed by atoms with van der Waals surface area (Å²) in [6.45, 7) is 1.22. The first kappa shape index (κ1) is 25.9. The fraction of sp³-hybridized carbons (Fsp3) is 0.231. The number of halogens is 3. The Labute approximate surface area is 221 Å². The number of hydrogen-bond acceptors (Lipinski definition) is 6. The van der Waals surface area contributed by atoms with Crippen LogP contribution in [0.5, 0.6) is 5.75 Å². The smallest absolute Gasteiger partial charge is 0.419 e. The third-order valence-corrected chi connectivity index (χ3v) is 10.0. The number of hydrogen-bond donors (Lipinski definition) is 1. The molecule has 1 fully saturated rings. The van der Waals surface area contributed by atoms with Crippen LogP contribution in [-0.4, -0.2) is 39.6 Å². The molecule has 3 aromatic carbocycles. The van der Waals surface area contributed by atoms with Gasteiger partial charge in [0.25, 0.3) is 10.0 Å². The second kappa shape index (κ2) is 10.2. The highest BCUT2D eigenvalue weighted by Gasteiger charge is 2.36. The highest BCUT2D eigenvalue weighted by Crippen LogP contribution is 2.40. The van der Waals surface area contributed by atoms with E-state index in [4.69, 9.17) is 4.74 Å². The van der Waals surface area contributed by atoms with Gasteiger partial charge in [-0.05, 0) is 60.6 Å². The quantitative estimate of drug-likeness (QED) is 0.263. The molecule has 1 aliphatic heterocycles. The SMILES string of the molecule is CN1CC[C@@H](Oc2cc(NS(=O)(=O)c3ccc(Sc4ccc5ccccc5c4)s3)ccc2C(F)(F)F)C1. The van der Waals surface area contributed by atoms with Crippen LogP contribution in [0.2, 0.25) is 0 Å². The van der Waals surface area contributed by atoms with E-state index in [0.29, 0.717) is 13.0 Å². The molecule has 5 nitrogen and oxygen atoms in total. The molecule has 1 aromatic heterocycles. The molecule has 1 saturated heterocycles. The van der Waals surface area contributed by atoms with Crippen molar-refractivity contribution >= 4 is 49.6 Å². The van der Waals surface area contributed by atoms with E-state index in [0.717, 1.165) is 56.0 Å². The van der Waals surface area contributed by atoms with Crippen molar-refractivity contribution < 1.29 is 26.3 Å². The Bertz CT molecular complexity index is 1540. The molecular formula is C26H23F3N2O3S3. The highest BCUT2D eigenvalue weighted by molar-refractivity contribution is 8.02.